The molecule has 6 heteroatoms. The second-order valence-corrected chi connectivity index (χ2v) is 4.01. The van der Waals surface area contributed by atoms with Crippen molar-refractivity contribution in [2.24, 2.45) is 0 Å². The Labute approximate surface area is 107 Å². The molecule has 0 spiro atoms. The fourth-order valence-corrected chi connectivity index (χ4v) is 1.75. The summed E-state index contributed by atoms with van der Waals surface area (Å²) in [5, 5.41) is 4.02. The number of carbonyl (C=O) groups is 1. The molecule has 0 aliphatic rings. The van der Waals surface area contributed by atoms with Gasteiger partial charge in [-0.1, -0.05) is 16.8 Å². The molecule has 0 saturated carbocycles. The monoisotopic (exact) mass is 269 g/mol. The molecule has 4 nitrogen and oxygen atoms in total. The van der Waals surface area contributed by atoms with Gasteiger partial charge in [-0.3, -0.25) is 0 Å². The minimum atomic E-state index is -0.636. The van der Waals surface area contributed by atoms with Gasteiger partial charge >= 0.3 is 5.97 Å². The SMILES string of the molecule is COC(=O)c1c(-c2cc(Cl)ccc2F)noc1C. The van der Waals surface area contributed by atoms with Gasteiger partial charge in [0.15, 0.2) is 0 Å². The van der Waals surface area contributed by atoms with Gasteiger partial charge in [-0.2, -0.15) is 0 Å². The van der Waals surface area contributed by atoms with Crippen LogP contribution in [-0.2, 0) is 4.74 Å². The lowest BCUT2D eigenvalue weighted by Crippen LogP contribution is -2.04. The van der Waals surface area contributed by atoms with Crippen molar-refractivity contribution in [2.45, 2.75) is 6.92 Å². The summed E-state index contributed by atoms with van der Waals surface area (Å²) in [5.41, 5.74) is 0.276. The second kappa shape index (κ2) is 4.78. The number of esters is 1. The molecule has 1 aromatic heterocycles. The molecule has 1 aromatic carbocycles. The molecule has 18 heavy (non-hydrogen) atoms. The van der Waals surface area contributed by atoms with Crippen LogP contribution in [0, 0.1) is 12.7 Å². The summed E-state index contributed by atoms with van der Waals surface area (Å²) in [5.74, 6) is -0.919. The van der Waals surface area contributed by atoms with Crippen molar-refractivity contribution in [3.8, 4) is 11.3 Å². The smallest absolute Gasteiger partial charge is 0.343 e. The van der Waals surface area contributed by atoms with Crippen molar-refractivity contribution in [2.75, 3.05) is 7.11 Å². The maximum Gasteiger partial charge on any atom is 0.343 e. The van der Waals surface area contributed by atoms with Crippen molar-refractivity contribution in [1.29, 1.82) is 0 Å². The van der Waals surface area contributed by atoms with E-state index in [0.717, 1.165) is 0 Å². The summed E-state index contributed by atoms with van der Waals surface area (Å²) in [6.07, 6.45) is 0. The van der Waals surface area contributed by atoms with Crippen LogP contribution >= 0.6 is 11.6 Å². The molecule has 1 heterocycles. The highest BCUT2D eigenvalue weighted by molar-refractivity contribution is 6.30. The number of hydrogen-bond acceptors (Lipinski definition) is 4. The first-order chi connectivity index (χ1) is 8.54. The number of halogens is 2. The predicted molar refractivity (Wildman–Crippen MR) is 63.0 cm³/mol. The van der Waals surface area contributed by atoms with Crippen molar-refractivity contribution >= 4 is 17.6 Å². The lowest BCUT2D eigenvalue weighted by Gasteiger charge is -2.02. The first-order valence-electron chi connectivity index (χ1n) is 5.04. The van der Waals surface area contributed by atoms with Crippen molar-refractivity contribution in [3.63, 3.8) is 0 Å². The molecule has 0 atom stereocenters. The molecule has 0 saturated heterocycles. The number of methoxy groups -OCH3 is 1. The number of aromatic nitrogens is 1. The molecule has 0 N–H and O–H groups in total. The Morgan fingerprint density at radius 2 is 2.22 bits per heavy atom. The third-order valence-electron chi connectivity index (χ3n) is 2.44. The molecule has 0 bridgehead atoms. The Bertz CT molecular complexity index is 609. The summed E-state index contributed by atoms with van der Waals surface area (Å²) >= 11 is 5.80. The van der Waals surface area contributed by atoms with Crippen LogP contribution in [0.1, 0.15) is 16.1 Å². The van der Waals surface area contributed by atoms with Gasteiger partial charge in [0, 0.05) is 10.6 Å². The van der Waals surface area contributed by atoms with E-state index in [2.05, 4.69) is 9.89 Å². The van der Waals surface area contributed by atoms with Gasteiger partial charge < -0.3 is 9.26 Å². The van der Waals surface area contributed by atoms with Crippen LogP contribution < -0.4 is 0 Å². The summed E-state index contributed by atoms with van der Waals surface area (Å²) < 4.78 is 23.2. The molecule has 2 aromatic rings. The van der Waals surface area contributed by atoms with Crippen LogP contribution in [0.5, 0.6) is 0 Å². The number of aryl methyl sites for hydroxylation is 1. The number of hydrogen-bond donors (Lipinski definition) is 0. The highest BCUT2D eigenvalue weighted by atomic mass is 35.5. The highest BCUT2D eigenvalue weighted by Gasteiger charge is 2.24. The molecular formula is C12H9ClFNO3. The van der Waals surface area contributed by atoms with Crippen LogP contribution in [-0.4, -0.2) is 18.2 Å². The number of ether oxygens (including phenoxy) is 1. The van der Waals surface area contributed by atoms with Crippen molar-refractivity contribution in [1.82, 2.24) is 5.16 Å². The van der Waals surface area contributed by atoms with E-state index >= 15 is 0 Å². The Kier molecular flexibility index (Phi) is 3.34. The number of nitrogens with zero attached hydrogens (tertiary/aromatic N) is 1. The molecule has 0 unspecified atom stereocenters. The third kappa shape index (κ3) is 2.09. The largest absolute Gasteiger partial charge is 0.465 e. The van der Waals surface area contributed by atoms with Gasteiger partial charge in [0.25, 0.3) is 0 Å². The minimum absolute atomic E-state index is 0.0827. The average Bonchev–Trinajstić information content (AvgIpc) is 2.73. The van der Waals surface area contributed by atoms with Crippen LogP contribution in [0.2, 0.25) is 5.02 Å². The summed E-state index contributed by atoms with van der Waals surface area (Å²) in [7, 11) is 1.23. The second-order valence-electron chi connectivity index (χ2n) is 3.58. The lowest BCUT2D eigenvalue weighted by molar-refractivity contribution is 0.0599. The number of carbonyl (C=O) groups excluding carboxylic acids is 1. The van der Waals surface area contributed by atoms with Gasteiger partial charge in [-0.25, -0.2) is 9.18 Å². The van der Waals surface area contributed by atoms with Gasteiger partial charge in [-0.15, -0.1) is 0 Å². The Hall–Kier alpha value is -1.88. The predicted octanol–water partition coefficient (Wildman–Crippen LogP) is 3.23. The summed E-state index contributed by atoms with van der Waals surface area (Å²) in [6.45, 7) is 1.55. The molecule has 0 fully saturated rings. The summed E-state index contributed by atoms with van der Waals surface area (Å²) in [6, 6.07) is 3.98. The summed E-state index contributed by atoms with van der Waals surface area (Å²) in [4.78, 5) is 11.6. The zero-order valence-corrected chi connectivity index (χ0v) is 10.4. The average molecular weight is 270 g/mol. The Morgan fingerprint density at radius 1 is 1.50 bits per heavy atom. The third-order valence-corrected chi connectivity index (χ3v) is 2.67. The normalized spacial score (nSPS) is 10.4. The van der Waals surface area contributed by atoms with Gasteiger partial charge in [0.05, 0.1) is 7.11 Å². The Balaban J connectivity index is 2.64. The molecule has 94 valence electrons. The molecular weight excluding hydrogens is 261 g/mol. The first-order valence-corrected chi connectivity index (χ1v) is 5.42. The maximum absolute atomic E-state index is 13.7. The quantitative estimate of drug-likeness (QED) is 0.786. The first kappa shape index (κ1) is 12.6. The topological polar surface area (TPSA) is 52.3 Å². The molecule has 2 rings (SSSR count). The van der Waals surface area contributed by atoms with Crippen molar-refractivity contribution in [3.05, 3.63) is 40.4 Å². The zero-order valence-electron chi connectivity index (χ0n) is 9.66. The van der Waals surface area contributed by atoms with E-state index in [-0.39, 0.29) is 22.6 Å². The highest BCUT2D eigenvalue weighted by Crippen LogP contribution is 2.30. The molecule has 0 amide bonds. The van der Waals surface area contributed by atoms with E-state index in [1.807, 2.05) is 0 Å². The van der Waals surface area contributed by atoms with Crippen LogP contribution in [0.3, 0.4) is 0 Å². The van der Waals surface area contributed by atoms with E-state index in [4.69, 9.17) is 16.1 Å². The molecule has 0 aliphatic heterocycles. The van der Waals surface area contributed by atoms with Gasteiger partial charge in [0.1, 0.15) is 22.8 Å². The fraction of sp³-hybridized carbons (Fsp3) is 0.167. The lowest BCUT2D eigenvalue weighted by atomic mass is 10.1. The van der Waals surface area contributed by atoms with Crippen LogP contribution in [0.25, 0.3) is 11.3 Å². The standard InChI is InChI=1S/C12H9ClFNO3/c1-6-10(12(16)17-2)11(15-18-6)8-5-7(13)3-4-9(8)14/h3-5H,1-2H3. The molecule has 0 aliphatic carbocycles. The fourth-order valence-electron chi connectivity index (χ4n) is 1.58. The van der Waals surface area contributed by atoms with Gasteiger partial charge in [-0.05, 0) is 25.1 Å². The van der Waals surface area contributed by atoms with E-state index in [0.29, 0.717) is 5.02 Å². The van der Waals surface area contributed by atoms with E-state index in [1.165, 1.54) is 25.3 Å². The van der Waals surface area contributed by atoms with E-state index < -0.39 is 11.8 Å². The van der Waals surface area contributed by atoms with Crippen molar-refractivity contribution < 1.29 is 18.4 Å². The van der Waals surface area contributed by atoms with E-state index in [9.17, 15) is 9.18 Å². The zero-order chi connectivity index (χ0) is 13.3. The molecule has 0 radical (unpaired) electrons. The maximum atomic E-state index is 13.7. The van der Waals surface area contributed by atoms with Crippen LogP contribution in [0.4, 0.5) is 4.39 Å². The Morgan fingerprint density at radius 3 is 2.89 bits per heavy atom. The minimum Gasteiger partial charge on any atom is -0.465 e. The van der Waals surface area contributed by atoms with Gasteiger partial charge in [0.2, 0.25) is 0 Å². The number of rotatable bonds is 2. The van der Waals surface area contributed by atoms with E-state index in [1.54, 1.807) is 6.92 Å². The number of benzene rings is 1. The van der Waals surface area contributed by atoms with Crippen LogP contribution in [0.15, 0.2) is 22.7 Å².